The van der Waals surface area contributed by atoms with Gasteiger partial charge in [-0.2, -0.15) is 0 Å². The maximum absolute atomic E-state index is 12.4. The molecule has 1 heterocycles. The van der Waals surface area contributed by atoms with Crippen molar-refractivity contribution in [3.8, 4) is 0 Å². The predicted octanol–water partition coefficient (Wildman–Crippen LogP) is 4.67. The van der Waals surface area contributed by atoms with Crippen molar-refractivity contribution in [2.75, 3.05) is 0 Å². The molecule has 2 aromatic rings. The van der Waals surface area contributed by atoms with E-state index in [0.29, 0.717) is 18.4 Å². The van der Waals surface area contributed by atoms with Gasteiger partial charge in [0, 0.05) is 24.2 Å². The summed E-state index contributed by atoms with van der Waals surface area (Å²) in [5.74, 6) is -0.285. The standard InChI is InChI=1S/C23H30N2O3/c1-2-3-5-13-20(25-23(27)19-11-6-4-7-12-19)15-10-16-22(26)28-18-21-14-8-9-17-24-21/h4,6-9,11-12,14,17,20H,2-3,5,10,13,15-16,18H2,1H3,(H,25,27). The maximum atomic E-state index is 12.4. The first-order valence-corrected chi connectivity index (χ1v) is 10.1. The molecule has 1 N–H and O–H groups in total. The lowest BCUT2D eigenvalue weighted by atomic mass is 10.0. The summed E-state index contributed by atoms with van der Waals surface area (Å²) in [5, 5.41) is 3.12. The molecular formula is C23H30N2O3. The zero-order chi connectivity index (χ0) is 20.0. The highest BCUT2D eigenvalue weighted by molar-refractivity contribution is 5.94. The molecule has 0 aliphatic carbocycles. The van der Waals surface area contributed by atoms with E-state index in [0.717, 1.165) is 37.8 Å². The second-order valence-electron chi connectivity index (χ2n) is 6.91. The monoisotopic (exact) mass is 382 g/mol. The number of carbonyl (C=O) groups excluding carboxylic acids is 2. The third-order valence-electron chi connectivity index (χ3n) is 4.57. The number of esters is 1. The molecule has 0 aliphatic heterocycles. The number of hydrogen-bond donors (Lipinski definition) is 1. The van der Waals surface area contributed by atoms with Crippen LogP contribution in [0.2, 0.25) is 0 Å². The molecule has 0 radical (unpaired) electrons. The van der Waals surface area contributed by atoms with Crippen LogP contribution in [-0.4, -0.2) is 22.9 Å². The van der Waals surface area contributed by atoms with Crippen LogP contribution in [0.1, 0.15) is 67.9 Å². The van der Waals surface area contributed by atoms with E-state index < -0.39 is 0 Å². The van der Waals surface area contributed by atoms with Gasteiger partial charge in [-0.25, -0.2) is 0 Å². The van der Waals surface area contributed by atoms with Gasteiger partial charge < -0.3 is 10.1 Å². The van der Waals surface area contributed by atoms with E-state index in [1.807, 2.05) is 48.5 Å². The molecule has 1 atom stereocenters. The number of hydrogen-bond acceptors (Lipinski definition) is 4. The van der Waals surface area contributed by atoms with E-state index in [1.165, 1.54) is 0 Å². The molecule has 0 saturated heterocycles. The van der Waals surface area contributed by atoms with Gasteiger partial charge in [-0.1, -0.05) is 50.5 Å². The van der Waals surface area contributed by atoms with E-state index in [2.05, 4.69) is 17.2 Å². The van der Waals surface area contributed by atoms with Crippen LogP contribution in [-0.2, 0) is 16.1 Å². The number of carbonyl (C=O) groups is 2. The van der Waals surface area contributed by atoms with Gasteiger partial charge in [0.1, 0.15) is 6.61 Å². The maximum Gasteiger partial charge on any atom is 0.306 e. The Bertz CT molecular complexity index is 704. The van der Waals surface area contributed by atoms with Gasteiger partial charge in [-0.3, -0.25) is 14.6 Å². The second kappa shape index (κ2) is 12.7. The predicted molar refractivity (Wildman–Crippen MR) is 110 cm³/mol. The zero-order valence-electron chi connectivity index (χ0n) is 16.6. The second-order valence-corrected chi connectivity index (χ2v) is 6.91. The molecule has 150 valence electrons. The average molecular weight is 383 g/mol. The number of nitrogens with one attached hydrogen (secondary N) is 1. The molecule has 1 amide bonds. The Morgan fingerprint density at radius 1 is 1.00 bits per heavy atom. The summed E-state index contributed by atoms with van der Waals surface area (Å²) in [6.45, 7) is 2.36. The first kappa shape index (κ1) is 21.6. The van der Waals surface area contributed by atoms with Gasteiger partial charge >= 0.3 is 5.97 Å². The highest BCUT2D eigenvalue weighted by Gasteiger charge is 2.14. The summed E-state index contributed by atoms with van der Waals surface area (Å²) in [4.78, 5) is 28.5. The topological polar surface area (TPSA) is 68.3 Å². The van der Waals surface area contributed by atoms with Crippen LogP contribution < -0.4 is 5.32 Å². The third-order valence-corrected chi connectivity index (χ3v) is 4.57. The minimum atomic E-state index is -0.229. The number of nitrogens with zero attached hydrogens (tertiary/aromatic N) is 1. The number of ether oxygens (including phenoxy) is 1. The van der Waals surface area contributed by atoms with Gasteiger partial charge in [0.25, 0.3) is 5.91 Å². The average Bonchev–Trinajstić information content (AvgIpc) is 2.73. The highest BCUT2D eigenvalue weighted by Crippen LogP contribution is 2.12. The number of unbranched alkanes of at least 4 members (excludes halogenated alkanes) is 2. The summed E-state index contributed by atoms with van der Waals surface area (Å²) in [6, 6.07) is 14.8. The first-order chi connectivity index (χ1) is 13.7. The van der Waals surface area contributed by atoms with Crippen molar-refractivity contribution in [1.29, 1.82) is 0 Å². The molecule has 1 unspecified atom stereocenters. The molecule has 1 aromatic heterocycles. The summed E-state index contributed by atoms with van der Waals surface area (Å²) in [7, 11) is 0. The minimum absolute atomic E-state index is 0.0557. The van der Waals surface area contributed by atoms with E-state index in [9.17, 15) is 9.59 Å². The van der Waals surface area contributed by atoms with Crippen LogP contribution in [0.3, 0.4) is 0 Å². The first-order valence-electron chi connectivity index (χ1n) is 10.1. The molecule has 0 fully saturated rings. The highest BCUT2D eigenvalue weighted by atomic mass is 16.5. The molecule has 2 rings (SSSR count). The fraction of sp³-hybridized carbons (Fsp3) is 0.435. The van der Waals surface area contributed by atoms with Crippen molar-refractivity contribution in [1.82, 2.24) is 10.3 Å². The third kappa shape index (κ3) is 8.33. The van der Waals surface area contributed by atoms with Gasteiger partial charge in [0.05, 0.1) is 5.69 Å². The zero-order valence-corrected chi connectivity index (χ0v) is 16.6. The molecule has 5 nitrogen and oxygen atoms in total. The summed E-state index contributed by atoms with van der Waals surface area (Å²) in [6.07, 6.45) is 7.75. The molecule has 0 bridgehead atoms. The van der Waals surface area contributed by atoms with Crippen molar-refractivity contribution in [3.63, 3.8) is 0 Å². The normalized spacial score (nSPS) is 11.6. The van der Waals surface area contributed by atoms with Crippen molar-refractivity contribution in [2.45, 2.75) is 64.5 Å². The van der Waals surface area contributed by atoms with Gasteiger partial charge in [-0.15, -0.1) is 0 Å². The molecular weight excluding hydrogens is 352 g/mol. The van der Waals surface area contributed by atoms with E-state index in [-0.39, 0.29) is 24.5 Å². The lowest BCUT2D eigenvalue weighted by Crippen LogP contribution is -2.35. The SMILES string of the molecule is CCCCCC(CCCC(=O)OCc1ccccn1)NC(=O)c1ccccc1. The molecule has 0 spiro atoms. The van der Waals surface area contributed by atoms with Crippen LogP contribution in [0.15, 0.2) is 54.7 Å². The number of benzene rings is 1. The van der Waals surface area contributed by atoms with E-state index in [4.69, 9.17) is 4.74 Å². The molecule has 5 heteroatoms. The summed E-state index contributed by atoms with van der Waals surface area (Å²) >= 11 is 0. The Morgan fingerprint density at radius 2 is 1.75 bits per heavy atom. The summed E-state index contributed by atoms with van der Waals surface area (Å²) < 4.78 is 5.27. The van der Waals surface area contributed by atoms with Crippen LogP contribution >= 0.6 is 0 Å². The largest absolute Gasteiger partial charge is 0.459 e. The van der Waals surface area contributed by atoms with Crippen molar-refractivity contribution in [3.05, 3.63) is 66.0 Å². The van der Waals surface area contributed by atoms with Crippen molar-refractivity contribution >= 4 is 11.9 Å². The Kier molecular flexibility index (Phi) is 9.76. The fourth-order valence-corrected chi connectivity index (χ4v) is 2.99. The van der Waals surface area contributed by atoms with Crippen LogP contribution in [0.25, 0.3) is 0 Å². The fourth-order valence-electron chi connectivity index (χ4n) is 2.99. The lowest BCUT2D eigenvalue weighted by Gasteiger charge is -2.19. The summed E-state index contributed by atoms with van der Waals surface area (Å²) in [5.41, 5.74) is 1.40. The van der Waals surface area contributed by atoms with Crippen molar-refractivity contribution < 1.29 is 14.3 Å². The lowest BCUT2D eigenvalue weighted by molar-refractivity contribution is -0.145. The number of rotatable bonds is 12. The van der Waals surface area contributed by atoms with Gasteiger partial charge in [-0.05, 0) is 43.5 Å². The smallest absolute Gasteiger partial charge is 0.306 e. The minimum Gasteiger partial charge on any atom is -0.459 e. The molecule has 0 saturated carbocycles. The van der Waals surface area contributed by atoms with E-state index in [1.54, 1.807) is 6.20 Å². The quantitative estimate of drug-likeness (QED) is 0.428. The van der Waals surface area contributed by atoms with Crippen LogP contribution in [0.4, 0.5) is 0 Å². The Morgan fingerprint density at radius 3 is 2.46 bits per heavy atom. The molecule has 1 aromatic carbocycles. The van der Waals surface area contributed by atoms with Gasteiger partial charge in [0.2, 0.25) is 0 Å². The van der Waals surface area contributed by atoms with E-state index >= 15 is 0 Å². The van der Waals surface area contributed by atoms with Gasteiger partial charge in [0.15, 0.2) is 0 Å². The Hall–Kier alpha value is -2.69. The van der Waals surface area contributed by atoms with Crippen molar-refractivity contribution in [2.24, 2.45) is 0 Å². The van der Waals surface area contributed by atoms with Crippen LogP contribution in [0.5, 0.6) is 0 Å². The number of pyridine rings is 1. The molecule has 28 heavy (non-hydrogen) atoms. The molecule has 0 aliphatic rings. The Labute approximate surface area is 167 Å². The Balaban J connectivity index is 1.76. The number of aromatic nitrogens is 1. The number of amides is 1. The van der Waals surface area contributed by atoms with Crippen LogP contribution in [0, 0.1) is 0 Å².